The number of aromatic nitrogens is 2. The minimum atomic E-state index is -0.918. The monoisotopic (exact) mass is 433 g/mol. The van der Waals surface area contributed by atoms with Gasteiger partial charge in [0.1, 0.15) is 9.26 Å². The van der Waals surface area contributed by atoms with Crippen LogP contribution in [0, 0.1) is 3.70 Å². The third kappa shape index (κ3) is 3.77. The van der Waals surface area contributed by atoms with Crippen LogP contribution in [0.3, 0.4) is 0 Å². The molecule has 2 N–H and O–H groups in total. The van der Waals surface area contributed by atoms with E-state index < -0.39 is 11.1 Å². The molecule has 2 rings (SSSR count). The van der Waals surface area contributed by atoms with Crippen molar-refractivity contribution in [3.05, 3.63) is 27.1 Å². The Bertz CT molecular complexity index is 633. The number of nitrogens with zero attached hydrogens (tertiary/aromatic N) is 2. The third-order valence-electron chi connectivity index (χ3n) is 4.09. The lowest BCUT2D eigenvalue weighted by atomic mass is 9.83. The van der Waals surface area contributed by atoms with E-state index in [1.807, 2.05) is 42.5 Å². The van der Waals surface area contributed by atoms with Crippen molar-refractivity contribution in [3.63, 3.8) is 0 Å². The van der Waals surface area contributed by atoms with E-state index in [0.29, 0.717) is 22.4 Å². The van der Waals surface area contributed by atoms with Crippen LogP contribution in [0.15, 0.2) is 17.8 Å². The van der Waals surface area contributed by atoms with Crippen LogP contribution in [0.4, 0.5) is 0 Å². The maximum Gasteiger partial charge on any atom is 0.342 e. The van der Waals surface area contributed by atoms with Crippen molar-refractivity contribution in [1.82, 2.24) is 15.1 Å². The molecule has 0 saturated carbocycles. The van der Waals surface area contributed by atoms with Crippen molar-refractivity contribution in [2.24, 2.45) is 0 Å². The summed E-state index contributed by atoms with van der Waals surface area (Å²) in [6.45, 7) is 10.4. The molecule has 1 aromatic heterocycles. The van der Waals surface area contributed by atoms with E-state index >= 15 is 0 Å². The molecule has 1 aromatic rings. The number of hydrogen-bond donors (Lipinski definition) is 2. The zero-order chi connectivity index (χ0) is 17.4. The van der Waals surface area contributed by atoms with Crippen LogP contribution in [0.1, 0.15) is 45.0 Å². The van der Waals surface area contributed by atoms with Gasteiger partial charge in [-0.3, -0.25) is 4.68 Å². The van der Waals surface area contributed by atoms with Gasteiger partial charge >= 0.3 is 5.97 Å². The zero-order valence-electron chi connectivity index (χ0n) is 14.2. The highest BCUT2D eigenvalue weighted by Crippen LogP contribution is 2.31. The SMILES string of the molecule is CCOC(=O)c1cn([C@]2(C)C=C(C(C)(C)O)C(C)NC2)nc1I. The maximum atomic E-state index is 12.0. The Morgan fingerprint density at radius 2 is 2.30 bits per heavy atom. The predicted octanol–water partition coefficient (Wildman–Crippen LogP) is 2.07. The third-order valence-corrected chi connectivity index (χ3v) is 4.89. The molecule has 2 heterocycles. The summed E-state index contributed by atoms with van der Waals surface area (Å²) in [4.78, 5) is 12.0. The molecule has 0 saturated heterocycles. The van der Waals surface area contributed by atoms with Crippen LogP contribution in [0.2, 0.25) is 0 Å². The van der Waals surface area contributed by atoms with Crippen molar-refractivity contribution in [1.29, 1.82) is 0 Å². The standard InChI is InChI=1S/C16H24IN3O3/c1-6-23-14(21)11-8-20(19-13(11)17)16(5)7-12(15(3,4)22)10(2)18-9-16/h7-8,10,18,22H,6,9H2,1-5H3/t10?,16-/m1/s1. The number of ether oxygens (including phenoxy) is 1. The summed E-state index contributed by atoms with van der Waals surface area (Å²) in [6.07, 6.45) is 3.77. The van der Waals surface area contributed by atoms with Gasteiger partial charge in [0.25, 0.3) is 0 Å². The maximum absolute atomic E-state index is 12.0. The van der Waals surface area contributed by atoms with Crippen molar-refractivity contribution in [2.75, 3.05) is 13.2 Å². The van der Waals surface area contributed by atoms with Gasteiger partial charge in [-0.2, -0.15) is 5.10 Å². The summed E-state index contributed by atoms with van der Waals surface area (Å²) in [7, 11) is 0. The number of carbonyl (C=O) groups excluding carboxylic acids is 1. The molecular formula is C16H24IN3O3. The van der Waals surface area contributed by atoms with Gasteiger partial charge in [0.2, 0.25) is 0 Å². The average Bonchev–Trinajstić information content (AvgIpc) is 2.84. The Hall–Kier alpha value is -0.930. The Balaban J connectivity index is 2.43. The van der Waals surface area contributed by atoms with E-state index in [2.05, 4.69) is 10.4 Å². The van der Waals surface area contributed by atoms with Gasteiger partial charge in [-0.05, 0) is 62.8 Å². The first-order chi connectivity index (χ1) is 10.6. The second kappa shape index (κ2) is 6.52. The fourth-order valence-corrected chi connectivity index (χ4v) is 3.39. The highest BCUT2D eigenvalue weighted by atomic mass is 127. The Morgan fingerprint density at radius 3 is 2.87 bits per heavy atom. The van der Waals surface area contributed by atoms with Gasteiger partial charge in [0.15, 0.2) is 0 Å². The molecule has 0 aromatic carbocycles. The Labute approximate surface area is 150 Å². The molecule has 0 spiro atoms. The molecule has 1 unspecified atom stereocenters. The summed E-state index contributed by atoms with van der Waals surface area (Å²) < 4.78 is 7.45. The molecule has 23 heavy (non-hydrogen) atoms. The van der Waals surface area contributed by atoms with Gasteiger partial charge in [0, 0.05) is 18.8 Å². The molecule has 1 aliphatic heterocycles. The van der Waals surface area contributed by atoms with Crippen LogP contribution >= 0.6 is 22.6 Å². The second-order valence-electron chi connectivity index (χ2n) is 6.62. The molecule has 1 aliphatic rings. The predicted molar refractivity (Wildman–Crippen MR) is 96.4 cm³/mol. The first-order valence-corrected chi connectivity index (χ1v) is 8.78. The largest absolute Gasteiger partial charge is 0.462 e. The van der Waals surface area contributed by atoms with Crippen molar-refractivity contribution < 1.29 is 14.6 Å². The summed E-state index contributed by atoms with van der Waals surface area (Å²) in [5, 5.41) is 18.3. The number of esters is 1. The van der Waals surface area contributed by atoms with Gasteiger partial charge < -0.3 is 15.2 Å². The molecular weight excluding hydrogens is 409 g/mol. The van der Waals surface area contributed by atoms with E-state index in [0.717, 1.165) is 5.57 Å². The number of aliphatic hydroxyl groups is 1. The first kappa shape index (κ1) is 18.4. The number of nitrogens with one attached hydrogen (secondary N) is 1. The van der Waals surface area contributed by atoms with E-state index in [9.17, 15) is 9.90 Å². The lowest BCUT2D eigenvalue weighted by Crippen LogP contribution is -2.51. The summed E-state index contributed by atoms with van der Waals surface area (Å²) in [5.41, 5.74) is -0.00909. The van der Waals surface area contributed by atoms with Crippen molar-refractivity contribution in [2.45, 2.75) is 51.8 Å². The number of hydrogen-bond acceptors (Lipinski definition) is 5. The summed E-state index contributed by atoms with van der Waals surface area (Å²) in [5.74, 6) is -0.365. The van der Waals surface area contributed by atoms with Crippen LogP contribution in [-0.4, -0.2) is 45.7 Å². The molecule has 128 valence electrons. The molecule has 0 radical (unpaired) electrons. The molecule has 0 aliphatic carbocycles. The fourth-order valence-electron chi connectivity index (χ4n) is 2.79. The molecule has 6 nitrogen and oxygen atoms in total. The Morgan fingerprint density at radius 1 is 1.65 bits per heavy atom. The van der Waals surface area contributed by atoms with Gasteiger partial charge in [0.05, 0.1) is 17.7 Å². The minimum Gasteiger partial charge on any atom is -0.462 e. The lowest BCUT2D eigenvalue weighted by Gasteiger charge is -2.39. The number of carbonyl (C=O) groups is 1. The Kier molecular flexibility index (Phi) is 5.22. The van der Waals surface area contributed by atoms with Gasteiger partial charge in [-0.1, -0.05) is 6.08 Å². The molecule has 0 amide bonds. The van der Waals surface area contributed by atoms with Crippen LogP contribution in [-0.2, 0) is 10.3 Å². The second-order valence-corrected chi connectivity index (χ2v) is 7.64. The van der Waals surface area contributed by atoms with Crippen molar-refractivity contribution in [3.8, 4) is 0 Å². The normalized spacial score (nSPS) is 25.2. The number of halogens is 1. The highest BCUT2D eigenvalue weighted by molar-refractivity contribution is 14.1. The zero-order valence-corrected chi connectivity index (χ0v) is 16.3. The number of rotatable bonds is 4. The van der Waals surface area contributed by atoms with Crippen molar-refractivity contribution >= 4 is 28.6 Å². The average molecular weight is 433 g/mol. The summed E-state index contributed by atoms with van der Waals surface area (Å²) >= 11 is 2.04. The molecule has 2 atom stereocenters. The smallest absolute Gasteiger partial charge is 0.342 e. The first-order valence-electron chi connectivity index (χ1n) is 7.70. The van der Waals surface area contributed by atoms with Crippen LogP contribution in [0.25, 0.3) is 0 Å². The molecule has 0 fully saturated rings. The minimum absolute atomic E-state index is 0.0854. The van der Waals surface area contributed by atoms with E-state index in [1.54, 1.807) is 31.6 Å². The quantitative estimate of drug-likeness (QED) is 0.432. The molecule has 0 bridgehead atoms. The van der Waals surface area contributed by atoms with Crippen LogP contribution in [0.5, 0.6) is 0 Å². The van der Waals surface area contributed by atoms with Gasteiger partial charge in [-0.25, -0.2) is 4.79 Å². The van der Waals surface area contributed by atoms with Crippen LogP contribution < -0.4 is 5.32 Å². The van der Waals surface area contributed by atoms with E-state index in [-0.39, 0.29) is 12.0 Å². The van der Waals surface area contributed by atoms with E-state index in [4.69, 9.17) is 4.74 Å². The molecule has 7 heteroatoms. The lowest BCUT2D eigenvalue weighted by molar-refractivity contribution is 0.0524. The fraction of sp³-hybridized carbons (Fsp3) is 0.625. The highest BCUT2D eigenvalue weighted by Gasteiger charge is 2.37. The van der Waals surface area contributed by atoms with E-state index in [1.165, 1.54) is 0 Å². The topological polar surface area (TPSA) is 76.4 Å². The summed E-state index contributed by atoms with van der Waals surface area (Å²) in [6, 6.07) is 0.0854. The van der Waals surface area contributed by atoms with Gasteiger partial charge in [-0.15, -0.1) is 0 Å².